The molecule has 0 aliphatic carbocycles. The number of benzene rings is 1. The summed E-state index contributed by atoms with van der Waals surface area (Å²) in [5, 5.41) is 3.52. The summed E-state index contributed by atoms with van der Waals surface area (Å²) in [6.45, 7) is 2.94. The number of aromatic nitrogens is 2. The maximum absolute atomic E-state index is 5.72. The summed E-state index contributed by atoms with van der Waals surface area (Å²) >= 11 is 0. The van der Waals surface area contributed by atoms with E-state index >= 15 is 0 Å². The largest absolute Gasteiger partial charge is 0.384 e. The van der Waals surface area contributed by atoms with Gasteiger partial charge in [0.1, 0.15) is 0 Å². The Morgan fingerprint density at radius 3 is 3.29 bits per heavy atom. The second kappa shape index (κ2) is 5.53. The number of rotatable bonds is 4. The van der Waals surface area contributed by atoms with Gasteiger partial charge in [-0.2, -0.15) is 0 Å². The normalized spacial score (nSPS) is 20.5. The molecule has 0 spiro atoms. The number of imidazole rings is 1. The van der Waals surface area contributed by atoms with Crippen LogP contribution >= 0.6 is 0 Å². The highest BCUT2D eigenvalue weighted by atomic mass is 16.5. The van der Waals surface area contributed by atoms with Gasteiger partial charge in [0.05, 0.1) is 24.3 Å². The fourth-order valence-electron chi connectivity index (χ4n) is 3.43. The molecular weight excluding hydrogens is 262 g/mol. The van der Waals surface area contributed by atoms with Crippen molar-refractivity contribution in [2.45, 2.75) is 38.3 Å². The summed E-state index contributed by atoms with van der Waals surface area (Å²) < 4.78 is 7.99. The van der Waals surface area contributed by atoms with Crippen molar-refractivity contribution in [2.75, 3.05) is 18.5 Å². The molecule has 4 nitrogen and oxygen atoms in total. The van der Waals surface area contributed by atoms with Crippen molar-refractivity contribution < 1.29 is 4.74 Å². The van der Waals surface area contributed by atoms with Crippen LogP contribution in [0.5, 0.6) is 0 Å². The average molecular weight is 283 g/mol. The third kappa shape index (κ3) is 2.44. The lowest BCUT2D eigenvalue weighted by Gasteiger charge is -2.14. The molecule has 3 heterocycles. The van der Waals surface area contributed by atoms with Gasteiger partial charge in [0, 0.05) is 30.9 Å². The highest BCUT2D eigenvalue weighted by Gasteiger charge is 2.19. The van der Waals surface area contributed by atoms with Crippen LogP contribution in [0.4, 0.5) is 5.69 Å². The number of fused-ring (bicyclic) bond motifs is 1. The van der Waals surface area contributed by atoms with Gasteiger partial charge < -0.3 is 14.6 Å². The number of nitrogens with zero attached hydrogens (tertiary/aromatic N) is 2. The minimum absolute atomic E-state index is 0.430. The molecule has 1 atom stereocenters. The van der Waals surface area contributed by atoms with E-state index in [4.69, 9.17) is 4.74 Å². The molecule has 0 bridgehead atoms. The average Bonchev–Trinajstić information content (AvgIpc) is 3.25. The SMILES string of the molecule is c1cc2c(c(-c3cncn3CCC3CCCO3)c1)NCC2. The number of aryl methyl sites for hydroxylation is 1. The summed E-state index contributed by atoms with van der Waals surface area (Å²) in [4.78, 5) is 4.36. The lowest BCUT2D eigenvalue weighted by atomic mass is 10.1. The number of ether oxygens (including phenoxy) is 1. The molecule has 2 aromatic rings. The zero-order valence-electron chi connectivity index (χ0n) is 12.2. The van der Waals surface area contributed by atoms with Crippen LogP contribution in [0.2, 0.25) is 0 Å². The van der Waals surface area contributed by atoms with E-state index in [1.54, 1.807) is 0 Å². The lowest BCUT2D eigenvalue weighted by Crippen LogP contribution is -2.10. The Bertz CT molecular complexity index is 629. The van der Waals surface area contributed by atoms with Crippen LogP contribution < -0.4 is 5.32 Å². The first-order valence-electron chi connectivity index (χ1n) is 7.90. The van der Waals surface area contributed by atoms with E-state index in [1.165, 1.54) is 35.3 Å². The van der Waals surface area contributed by atoms with Gasteiger partial charge in [0.25, 0.3) is 0 Å². The fourth-order valence-corrected chi connectivity index (χ4v) is 3.43. The maximum Gasteiger partial charge on any atom is 0.0950 e. The second-order valence-corrected chi connectivity index (χ2v) is 5.91. The minimum atomic E-state index is 0.430. The van der Waals surface area contributed by atoms with E-state index in [0.717, 1.165) is 32.5 Å². The van der Waals surface area contributed by atoms with Gasteiger partial charge in [0.2, 0.25) is 0 Å². The summed E-state index contributed by atoms with van der Waals surface area (Å²) in [5.41, 5.74) is 5.19. The molecular formula is C17H21N3O. The number of nitrogens with one attached hydrogen (secondary N) is 1. The Morgan fingerprint density at radius 1 is 1.38 bits per heavy atom. The minimum Gasteiger partial charge on any atom is -0.384 e. The van der Waals surface area contributed by atoms with Crippen LogP contribution in [0.15, 0.2) is 30.7 Å². The fraction of sp³-hybridized carbons (Fsp3) is 0.471. The monoisotopic (exact) mass is 283 g/mol. The third-order valence-electron chi connectivity index (χ3n) is 4.55. The summed E-state index contributed by atoms with van der Waals surface area (Å²) in [5.74, 6) is 0. The number of hydrogen-bond donors (Lipinski definition) is 1. The summed E-state index contributed by atoms with van der Waals surface area (Å²) in [6, 6.07) is 6.56. The van der Waals surface area contributed by atoms with E-state index < -0.39 is 0 Å². The van der Waals surface area contributed by atoms with E-state index in [0.29, 0.717) is 6.10 Å². The van der Waals surface area contributed by atoms with Crippen LogP contribution in [0, 0.1) is 0 Å². The first kappa shape index (κ1) is 12.9. The zero-order valence-corrected chi connectivity index (χ0v) is 12.2. The molecule has 1 fully saturated rings. The van der Waals surface area contributed by atoms with Crippen molar-refractivity contribution in [1.29, 1.82) is 0 Å². The number of para-hydroxylation sites is 1. The van der Waals surface area contributed by atoms with Gasteiger partial charge in [-0.15, -0.1) is 0 Å². The standard InChI is InChI=1S/C17H21N3O/c1-3-13-6-8-19-17(13)15(5-1)16-11-18-12-20(16)9-7-14-4-2-10-21-14/h1,3,5,11-12,14,19H,2,4,6-10H2. The molecule has 4 rings (SSSR count). The van der Waals surface area contributed by atoms with Crippen LogP contribution in [-0.4, -0.2) is 28.8 Å². The maximum atomic E-state index is 5.72. The first-order chi connectivity index (χ1) is 10.4. The molecule has 1 unspecified atom stereocenters. The van der Waals surface area contributed by atoms with E-state index in [2.05, 4.69) is 33.1 Å². The molecule has 2 aliphatic rings. The van der Waals surface area contributed by atoms with Gasteiger partial charge in [-0.25, -0.2) is 4.98 Å². The highest BCUT2D eigenvalue weighted by molar-refractivity contribution is 5.79. The number of hydrogen-bond acceptors (Lipinski definition) is 3. The van der Waals surface area contributed by atoms with Gasteiger partial charge in [-0.1, -0.05) is 18.2 Å². The topological polar surface area (TPSA) is 39.1 Å². The van der Waals surface area contributed by atoms with Gasteiger partial charge in [-0.3, -0.25) is 0 Å². The zero-order chi connectivity index (χ0) is 14.1. The Kier molecular flexibility index (Phi) is 3.39. The smallest absolute Gasteiger partial charge is 0.0950 e. The summed E-state index contributed by atoms with van der Waals surface area (Å²) in [6.07, 6.45) is 8.95. The van der Waals surface area contributed by atoms with E-state index in [9.17, 15) is 0 Å². The van der Waals surface area contributed by atoms with Crippen LogP contribution in [0.1, 0.15) is 24.8 Å². The molecule has 2 aliphatic heterocycles. The van der Waals surface area contributed by atoms with Crippen molar-refractivity contribution in [1.82, 2.24) is 9.55 Å². The Labute approximate surface area is 125 Å². The molecule has 1 aromatic carbocycles. The molecule has 110 valence electrons. The molecule has 1 aromatic heterocycles. The molecule has 0 amide bonds. The van der Waals surface area contributed by atoms with Crippen molar-refractivity contribution >= 4 is 5.69 Å². The second-order valence-electron chi connectivity index (χ2n) is 5.91. The predicted octanol–water partition coefficient (Wildman–Crippen LogP) is 3.09. The molecule has 21 heavy (non-hydrogen) atoms. The molecule has 1 saturated heterocycles. The van der Waals surface area contributed by atoms with Crippen LogP contribution in [0.3, 0.4) is 0 Å². The molecule has 0 radical (unpaired) electrons. The quantitative estimate of drug-likeness (QED) is 0.937. The van der Waals surface area contributed by atoms with Gasteiger partial charge in [0.15, 0.2) is 0 Å². The van der Waals surface area contributed by atoms with E-state index in [1.807, 2.05) is 12.5 Å². The van der Waals surface area contributed by atoms with E-state index in [-0.39, 0.29) is 0 Å². The lowest BCUT2D eigenvalue weighted by molar-refractivity contribution is 0.100. The van der Waals surface area contributed by atoms with Crippen LogP contribution in [-0.2, 0) is 17.7 Å². The van der Waals surface area contributed by atoms with Gasteiger partial charge >= 0.3 is 0 Å². The Balaban J connectivity index is 1.58. The Hall–Kier alpha value is -1.81. The highest BCUT2D eigenvalue weighted by Crippen LogP contribution is 2.34. The number of anilines is 1. The molecule has 0 saturated carbocycles. The molecule has 4 heteroatoms. The van der Waals surface area contributed by atoms with Crippen molar-refractivity contribution in [2.24, 2.45) is 0 Å². The van der Waals surface area contributed by atoms with Gasteiger partial charge in [-0.05, 0) is 31.2 Å². The van der Waals surface area contributed by atoms with Crippen LogP contribution in [0.25, 0.3) is 11.3 Å². The molecule has 1 N–H and O–H groups in total. The van der Waals surface area contributed by atoms with Crippen molar-refractivity contribution in [3.63, 3.8) is 0 Å². The van der Waals surface area contributed by atoms with Crippen molar-refractivity contribution in [3.05, 3.63) is 36.3 Å². The first-order valence-corrected chi connectivity index (χ1v) is 7.90. The summed E-state index contributed by atoms with van der Waals surface area (Å²) in [7, 11) is 0. The predicted molar refractivity (Wildman–Crippen MR) is 83.4 cm³/mol. The van der Waals surface area contributed by atoms with Crippen molar-refractivity contribution in [3.8, 4) is 11.3 Å². The Morgan fingerprint density at radius 2 is 2.38 bits per heavy atom. The third-order valence-corrected chi connectivity index (χ3v) is 4.55.